The van der Waals surface area contributed by atoms with Crippen molar-refractivity contribution in [2.75, 3.05) is 11.2 Å². The fourth-order valence-electron chi connectivity index (χ4n) is 1.15. The minimum Gasteiger partial charge on any atom is -0.475 e. The molecule has 0 spiro atoms. The molecule has 5 heteroatoms. The fraction of sp³-hybridized carbons (Fsp3) is 0.636. The second kappa shape index (κ2) is 6.53. The molecular weight excluding hydrogens is 226 g/mol. The van der Waals surface area contributed by atoms with E-state index in [1.54, 1.807) is 12.3 Å². The average Bonchev–Trinajstić information content (AvgIpc) is 2.25. The molecule has 0 saturated heterocycles. The zero-order valence-corrected chi connectivity index (χ0v) is 10.7. The molecule has 90 valence electrons. The highest BCUT2D eigenvalue weighted by Crippen LogP contribution is 2.11. The monoisotopic (exact) mass is 243 g/mol. The molecule has 1 unspecified atom stereocenters. The van der Waals surface area contributed by atoms with Gasteiger partial charge in [-0.2, -0.15) is 4.98 Å². The number of ether oxygens (including phenoxy) is 1. The predicted molar refractivity (Wildman–Crippen MR) is 66.2 cm³/mol. The lowest BCUT2D eigenvalue weighted by molar-refractivity contribution is 0.232. The Morgan fingerprint density at radius 2 is 2.25 bits per heavy atom. The number of nitrogens with one attached hydrogen (secondary N) is 1. The van der Waals surface area contributed by atoms with Gasteiger partial charge in [0.1, 0.15) is 0 Å². The Hall–Kier alpha value is -1.03. The van der Waals surface area contributed by atoms with Crippen molar-refractivity contribution in [3.63, 3.8) is 0 Å². The minimum absolute atomic E-state index is 0.109. The molecule has 0 aliphatic rings. The van der Waals surface area contributed by atoms with Crippen LogP contribution < -0.4 is 10.1 Å². The number of aromatic nitrogens is 2. The Bertz CT molecular complexity index is 316. The van der Waals surface area contributed by atoms with Crippen molar-refractivity contribution in [2.24, 2.45) is 0 Å². The van der Waals surface area contributed by atoms with Gasteiger partial charge in [-0.15, -0.1) is 11.6 Å². The molecule has 1 rings (SSSR count). The van der Waals surface area contributed by atoms with Gasteiger partial charge in [0.15, 0.2) is 0 Å². The molecule has 0 aliphatic heterocycles. The van der Waals surface area contributed by atoms with Crippen molar-refractivity contribution in [1.82, 2.24) is 9.97 Å². The van der Waals surface area contributed by atoms with Crippen molar-refractivity contribution in [3.05, 3.63) is 12.3 Å². The number of hydrogen-bond acceptors (Lipinski definition) is 4. The number of halogens is 1. The number of rotatable bonds is 6. The molecule has 4 nitrogen and oxygen atoms in total. The molecule has 0 aliphatic carbocycles. The summed E-state index contributed by atoms with van der Waals surface area (Å²) in [6, 6.07) is 1.93. The van der Waals surface area contributed by atoms with Gasteiger partial charge in [0.25, 0.3) is 0 Å². The highest BCUT2D eigenvalue weighted by molar-refractivity contribution is 6.18. The Morgan fingerprint density at radius 1 is 1.50 bits per heavy atom. The maximum atomic E-state index is 5.79. The first-order valence-corrected chi connectivity index (χ1v) is 6.01. The molecule has 0 bridgehead atoms. The Labute approximate surface area is 101 Å². The van der Waals surface area contributed by atoms with E-state index in [0.717, 1.165) is 6.42 Å². The highest BCUT2D eigenvalue weighted by Gasteiger charge is 2.07. The molecule has 0 amide bonds. The van der Waals surface area contributed by atoms with Gasteiger partial charge < -0.3 is 10.1 Å². The third kappa shape index (κ3) is 4.23. The van der Waals surface area contributed by atoms with E-state index in [-0.39, 0.29) is 12.1 Å². The van der Waals surface area contributed by atoms with E-state index in [1.807, 2.05) is 13.8 Å². The van der Waals surface area contributed by atoms with Gasteiger partial charge in [0.2, 0.25) is 11.8 Å². The van der Waals surface area contributed by atoms with Crippen LogP contribution in [0.1, 0.15) is 27.2 Å². The number of nitrogens with zero attached hydrogens (tertiary/aromatic N) is 2. The van der Waals surface area contributed by atoms with Gasteiger partial charge in [-0.1, -0.05) is 6.92 Å². The normalized spacial score (nSPS) is 12.6. The maximum Gasteiger partial charge on any atom is 0.226 e. The highest BCUT2D eigenvalue weighted by atomic mass is 35.5. The van der Waals surface area contributed by atoms with Gasteiger partial charge in [-0.3, -0.25) is 0 Å². The van der Waals surface area contributed by atoms with E-state index >= 15 is 0 Å². The molecule has 1 N–H and O–H groups in total. The fourth-order valence-corrected chi connectivity index (χ4v) is 1.45. The second-order valence-corrected chi connectivity index (χ2v) is 4.10. The third-order valence-electron chi connectivity index (χ3n) is 2.00. The van der Waals surface area contributed by atoms with Crippen molar-refractivity contribution >= 4 is 17.5 Å². The average molecular weight is 244 g/mol. The predicted octanol–water partition coefficient (Wildman–Crippen LogP) is 2.69. The Morgan fingerprint density at radius 3 is 2.81 bits per heavy atom. The summed E-state index contributed by atoms with van der Waals surface area (Å²) in [6.45, 7) is 5.99. The van der Waals surface area contributed by atoms with Gasteiger partial charge >= 0.3 is 0 Å². The van der Waals surface area contributed by atoms with Crippen LogP contribution in [0.3, 0.4) is 0 Å². The van der Waals surface area contributed by atoms with E-state index in [1.165, 1.54) is 0 Å². The standard InChI is InChI=1S/C11H18ClN3O/c1-4-9(7-12)14-11-13-6-5-10(15-11)16-8(2)3/h5-6,8-9H,4,7H2,1-3H3,(H,13,14,15). The largest absolute Gasteiger partial charge is 0.475 e. The van der Waals surface area contributed by atoms with Crippen LogP contribution in [-0.2, 0) is 0 Å². The van der Waals surface area contributed by atoms with Crippen LogP contribution in [0.25, 0.3) is 0 Å². The lowest BCUT2D eigenvalue weighted by Gasteiger charge is -2.14. The van der Waals surface area contributed by atoms with E-state index in [9.17, 15) is 0 Å². The number of hydrogen-bond donors (Lipinski definition) is 1. The zero-order valence-electron chi connectivity index (χ0n) is 9.90. The number of alkyl halides is 1. The third-order valence-corrected chi connectivity index (χ3v) is 2.37. The summed E-state index contributed by atoms with van der Waals surface area (Å²) in [5, 5.41) is 3.16. The first kappa shape index (κ1) is 13.0. The summed E-state index contributed by atoms with van der Waals surface area (Å²) in [4.78, 5) is 8.37. The van der Waals surface area contributed by atoms with Crippen LogP contribution in [0, 0.1) is 0 Å². The van der Waals surface area contributed by atoms with Crippen LogP contribution in [0.4, 0.5) is 5.95 Å². The molecule has 1 atom stereocenters. The summed E-state index contributed by atoms with van der Waals surface area (Å²) in [5.74, 6) is 1.68. The topological polar surface area (TPSA) is 47.0 Å². The number of anilines is 1. The summed E-state index contributed by atoms with van der Waals surface area (Å²) in [5.41, 5.74) is 0. The van der Waals surface area contributed by atoms with Crippen LogP contribution >= 0.6 is 11.6 Å². The molecule has 0 radical (unpaired) electrons. The van der Waals surface area contributed by atoms with E-state index < -0.39 is 0 Å². The smallest absolute Gasteiger partial charge is 0.226 e. The molecular formula is C11H18ClN3O. The van der Waals surface area contributed by atoms with Crippen molar-refractivity contribution in [1.29, 1.82) is 0 Å². The second-order valence-electron chi connectivity index (χ2n) is 3.79. The van der Waals surface area contributed by atoms with E-state index in [4.69, 9.17) is 16.3 Å². The maximum absolute atomic E-state index is 5.79. The van der Waals surface area contributed by atoms with E-state index in [2.05, 4.69) is 22.2 Å². The molecule has 1 heterocycles. The van der Waals surface area contributed by atoms with E-state index in [0.29, 0.717) is 17.7 Å². The quantitative estimate of drug-likeness (QED) is 0.781. The Balaban J connectivity index is 2.66. The summed E-state index contributed by atoms with van der Waals surface area (Å²) in [6.07, 6.45) is 2.72. The van der Waals surface area contributed by atoms with Crippen molar-refractivity contribution in [3.8, 4) is 5.88 Å². The lowest BCUT2D eigenvalue weighted by Crippen LogP contribution is -2.21. The van der Waals surface area contributed by atoms with Gasteiger partial charge in [-0.05, 0) is 20.3 Å². The summed E-state index contributed by atoms with van der Waals surface area (Å²) in [7, 11) is 0. The molecule has 16 heavy (non-hydrogen) atoms. The zero-order chi connectivity index (χ0) is 12.0. The first-order chi connectivity index (χ1) is 7.65. The molecule has 0 saturated carbocycles. The summed E-state index contributed by atoms with van der Waals surface area (Å²) >= 11 is 5.79. The SMILES string of the molecule is CCC(CCl)Nc1nccc(OC(C)C)n1. The lowest BCUT2D eigenvalue weighted by atomic mass is 10.3. The summed E-state index contributed by atoms with van der Waals surface area (Å²) < 4.78 is 5.48. The van der Waals surface area contributed by atoms with Crippen LogP contribution in [-0.4, -0.2) is 28.0 Å². The minimum atomic E-state index is 0.109. The molecule has 0 aromatic carbocycles. The van der Waals surface area contributed by atoms with Crippen molar-refractivity contribution < 1.29 is 4.74 Å². The van der Waals surface area contributed by atoms with Gasteiger partial charge in [0.05, 0.1) is 6.10 Å². The first-order valence-electron chi connectivity index (χ1n) is 5.48. The van der Waals surface area contributed by atoms with Gasteiger partial charge in [-0.25, -0.2) is 4.98 Å². The molecule has 1 aromatic rings. The van der Waals surface area contributed by atoms with Crippen molar-refractivity contribution in [2.45, 2.75) is 39.3 Å². The van der Waals surface area contributed by atoms with Gasteiger partial charge in [0, 0.05) is 24.2 Å². The van der Waals surface area contributed by atoms with Crippen LogP contribution in [0.15, 0.2) is 12.3 Å². The van der Waals surface area contributed by atoms with Crippen LogP contribution in [0.2, 0.25) is 0 Å². The Kier molecular flexibility index (Phi) is 5.32. The molecule has 0 fully saturated rings. The molecule has 1 aromatic heterocycles. The van der Waals surface area contributed by atoms with Crippen LogP contribution in [0.5, 0.6) is 5.88 Å².